The van der Waals surface area contributed by atoms with Crippen molar-refractivity contribution in [3.8, 4) is 5.69 Å². The summed E-state index contributed by atoms with van der Waals surface area (Å²) in [6, 6.07) is 9.96. The van der Waals surface area contributed by atoms with Crippen molar-refractivity contribution in [3.05, 3.63) is 48.3 Å². The van der Waals surface area contributed by atoms with Crippen molar-refractivity contribution < 1.29 is 4.79 Å². The van der Waals surface area contributed by atoms with E-state index in [1.54, 1.807) is 0 Å². The number of amides is 1. The second-order valence-corrected chi connectivity index (χ2v) is 5.33. The van der Waals surface area contributed by atoms with Crippen molar-refractivity contribution in [3.63, 3.8) is 0 Å². The molecule has 0 radical (unpaired) electrons. The number of para-hydroxylation sites is 1. The van der Waals surface area contributed by atoms with Gasteiger partial charge in [-0.3, -0.25) is 4.79 Å². The molecule has 1 N–H and O–H groups in total. The summed E-state index contributed by atoms with van der Waals surface area (Å²) >= 11 is 0. The first-order valence-corrected chi connectivity index (χ1v) is 7.01. The van der Waals surface area contributed by atoms with Gasteiger partial charge in [-0.2, -0.15) is 5.10 Å². The van der Waals surface area contributed by atoms with E-state index >= 15 is 0 Å². The fourth-order valence-electron chi connectivity index (χ4n) is 1.88. The molecule has 20 heavy (non-hydrogen) atoms. The minimum absolute atomic E-state index is 0.103. The predicted octanol–water partition coefficient (Wildman–Crippen LogP) is 2.58. The van der Waals surface area contributed by atoms with Gasteiger partial charge >= 0.3 is 0 Å². The number of nitrogens with one attached hydrogen (secondary N) is 1. The summed E-state index contributed by atoms with van der Waals surface area (Å²) in [6.45, 7) is 4.91. The van der Waals surface area contributed by atoms with E-state index in [4.69, 9.17) is 0 Å². The fourth-order valence-corrected chi connectivity index (χ4v) is 1.88. The Bertz CT molecular complexity index is 546. The van der Waals surface area contributed by atoms with Crippen LogP contribution in [0.2, 0.25) is 0 Å². The zero-order chi connectivity index (χ0) is 14.4. The highest BCUT2D eigenvalue weighted by molar-refractivity contribution is 5.76. The molecule has 0 saturated carbocycles. The molecular formula is C16H21N3O. The van der Waals surface area contributed by atoms with Crippen molar-refractivity contribution in [2.75, 3.05) is 6.54 Å². The van der Waals surface area contributed by atoms with Crippen LogP contribution in [-0.4, -0.2) is 22.2 Å². The second-order valence-electron chi connectivity index (χ2n) is 5.33. The van der Waals surface area contributed by atoms with Crippen molar-refractivity contribution >= 4 is 5.91 Å². The molecule has 1 heterocycles. The highest BCUT2D eigenvalue weighted by Gasteiger charge is 2.05. The SMILES string of the molecule is CC(C)CNC(=O)CCc1cnn(-c2ccccc2)c1. The number of carbonyl (C=O) groups is 1. The number of carbonyl (C=O) groups excluding carboxylic acids is 1. The first-order valence-electron chi connectivity index (χ1n) is 7.01. The maximum absolute atomic E-state index is 11.7. The van der Waals surface area contributed by atoms with Crippen LogP contribution in [0, 0.1) is 5.92 Å². The normalized spacial score (nSPS) is 10.8. The molecule has 106 valence electrons. The van der Waals surface area contributed by atoms with Gasteiger partial charge < -0.3 is 5.32 Å². The lowest BCUT2D eigenvalue weighted by Gasteiger charge is -2.06. The summed E-state index contributed by atoms with van der Waals surface area (Å²) in [5.74, 6) is 0.589. The van der Waals surface area contributed by atoms with E-state index in [2.05, 4.69) is 24.3 Å². The van der Waals surface area contributed by atoms with Gasteiger partial charge in [-0.25, -0.2) is 4.68 Å². The largest absolute Gasteiger partial charge is 0.356 e. The minimum atomic E-state index is 0.103. The Labute approximate surface area is 119 Å². The topological polar surface area (TPSA) is 46.9 Å². The van der Waals surface area contributed by atoms with E-state index in [1.807, 2.05) is 47.4 Å². The molecule has 2 aromatic rings. The van der Waals surface area contributed by atoms with E-state index in [1.165, 1.54) is 0 Å². The molecule has 1 aromatic carbocycles. The lowest BCUT2D eigenvalue weighted by atomic mass is 10.2. The van der Waals surface area contributed by atoms with Crippen LogP contribution in [0.4, 0.5) is 0 Å². The highest BCUT2D eigenvalue weighted by atomic mass is 16.1. The molecule has 0 bridgehead atoms. The predicted molar refractivity (Wildman–Crippen MR) is 79.7 cm³/mol. The Balaban J connectivity index is 1.86. The first-order chi connectivity index (χ1) is 9.65. The smallest absolute Gasteiger partial charge is 0.220 e. The van der Waals surface area contributed by atoms with Gasteiger partial charge in [0.1, 0.15) is 0 Å². The van der Waals surface area contributed by atoms with E-state index in [0.717, 1.165) is 24.2 Å². The van der Waals surface area contributed by atoms with Crippen LogP contribution >= 0.6 is 0 Å². The number of hydrogen-bond acceptors (Lipinski definition) is 2. The van der Waals surface area contributed by atoms with Gasteiger partial charge in [0.15, 0.2) is 0 Å². The number of aromatic nitrogens is 2. The molecule has 0 atom stereocenters. The van der Waals surface area contributed by atoms with E-state index in [-0.39, 0.29) is 5.91 Å². The third-order valence-corrected chi connectivity index (χ3v) is 3.01. The average Bonchev–Trinajstić information content (AvgIpc) is 2.93. The van der Waals surface area contributed by atoms with Crippen LogP contribution in [0.1, 0.15) is 25.8 Å². The van der Waals surface area contributed by atoms with Crippen LogP contribution < -0.4 is 5.32 Å². The molecule has 0 saturated heterocycles. The molecule has 1 aromatic heterocycles. The molecule has 0 aliphatic rings. The standard InChI is InChI=1S/C16H21N3O/c1-13(2)10-17-16(20)9-8-14-11-18-19(12-14)15-6-4-3-5-7-15/h3-7,11-13H,8-10H2,1-2H3,(H,17,20). The average molecular weight is 271 g/mol. The summed E-state index contributed by atoms with van der Waals surface area (Å²) in [5, 5.41) is 7.25. The lowest BCUT2D eigenvalue weighted by molar-refractivity contribution is -0.121. The maximum atomic E-state index is 11.7. The maximum Gasteiger partial charge on any atom is 0.220 e. The van der Waals surface area contributed by atoms with Crippen LogP contribution in [0.5, 0.6) is 0 Å². The van der Waals surface area contributed by atoms with Gasteiger partial charge in [0.05, 0.1) is 11.9 Å². The van der Waals surface area contributed by atoms with E-state index < -0.39 is 0 Å². The van der Waals surface area contributed by atoms with Crippen molar-refractivity contribution in [2.45, 2.75) is 26.7 Å². The van der Waals surface area contributed by atoms with Crippen LogP contribution in [0.25, 0.3) is 5.69 Å². The van der Waals surface area contributed by atoms with Crippen molar-refractivity contribution in [1.82, 2.24) is 15.1 Å². The van der Waals surface area contributed by atoms with Gasteiger partial charge in [0.25, 0.3) is 0 Å². The highest BCUT2D eigenvalue weighted by Crippen LogP contribution is 2.09. The third kappa shape index (κ3) is 4.23. The molecular weight excluding hydrogens is 250 g/mol. The molecule has 0 fully saturated rings. The lowest BCUT2D eigenvalue weighted by Crippen LogP contribution is -2.27. The number of nitrogens with zero attached hydrogens (tertiary/aromatic N) is 2. The van der Waals surface area contributed by atoms with Gasteiger partial charge in [0, 0.05) is 19.2 Å². The number of rotatable bonds is 6. The van der Waals surface area contributed by atoms with Gasteiger partial charge in [-0.15, -0.1) is 0 Å². The second kappa shape index (κ2) is 6.89. The molecule has 0 aliphatic heterocycles. The van der Waals surface area contributed by atoms with E-state index in [0.29, 0.717) is 12.3 Å². The monoisotopic (exact) mass is 271 g/mol. The Hall–Kier alpha value is -2.10. The Morgan fingerprint density at radius 1 is 1.30 bits per heavy atom. The number of benzene rings is 1. The minimum Gasteiger partial charge on any atom is -0.356 e. The van der Waals surface area contributed by atoms with Crippen LogP contribution in [0.15, 0.2) is 42.7 Å². The Morgan fingerprint density at radius 2 is 2.05 bits per heavy atom. The fraction of sp³-hybridized carbons (Fsp3) is 0.375. The molecule has 2 rings (SSSR count). The zero-order valence-electron chi connectivity index (χ0n) is 12.0. The summed E-state index contributed by atoms with van der Waals surface area (Å²) in [5.41, 5.74) is 2.11. The number of hydrogen-bond donors (Lipinski definition) is 1. The quantitative estimate of drug-likeness (QED) is 0.877. The van der Waals surface area contributed by atoms with Crippen LogP contribution in [0.3, 0.4) is 0 Å². The Kier molecular flexibility index (Phi) is 4.93. The van der Waals surface area contributed by atoms with Crippen molar-refractivity contribution in [1.29, 1.82) is 0 Å². The third-order valence-electron chi connectivity index (χ3n) is 3.01. The van der Waals surface area contributed by atoms with E-state index in [9.17, 15) is 4.79 Å². The van der Waals surface area contributed by atoms with Crippen molar-refractivity contribution in [2.24, 2.45) is 5.92 Å². The molecule has 0 spiro atoms. The molecule has 0 unspecified atom stereocenters. The van der Waals surface area contributed by atoms with Gasteiger partial charge in [0.2, 0.25) is 5.91 Å². The van der Waals surface area contributed by atoms with Gasteiger partial charge in [-0.1, -0.05) is 32.0 Å². The summed E-state index contributed by atoms with van der Waals surface area (Å²) in [7, 11) is 0. The molecule has 4 nitrogen and oxygen atoms in total. The van der Waals surface area contributed by atoms with Crippen LogP contribution in [-0.2, 0) is 11.2 Å². The summed E-state index contributed by atoms with van der Waals surface area (Å²) in [6.07, 6.45) is 5.03. The zero-order valence-corrected chi connectivity index (χ0v) is 12.0. The number of aryl methyl sites for hydroxylation is 1. The summed E-state index contributed by atoms with van der Waals surface area (Å²) in [4.78, 5) is 11.7. The van der Waals surface area contributed by atoms with Gasteiger partial charge in [-0.05, 0) is 30.0 Å². The molecule has 1 amide bonds. The molecule has 4 heteroatoms. The molecule has 0 aliphatic carbocycles. The first kappa shape index (κ1) is 14.3. The Morgan fingerprint density at radius 3 is 2.75 bits per heavy atom. The summed E-state index contributed by atoms with van der Waals surface area (Å²) < 4.78 is 1.83.